The van der Waals surface area contributed by atoms with Crippen LogP contribution in [0.25, 0.3) is 0 Å². The first-order chi connectivity index (χ1) is 11.5. The molecule has 7 nitrogen and oxygen atoms in total. The molecule has 126 valence electrons. The maximum Gasteiger partial charge on any atom is 0.337 e. The maximum atomic E-state index is 12.3. The van der Waals surface area contributed by atoms with Gasteiger partial charge >= 0.3 is 5.97 Å². The SMILES string of the molecule is COC(=O)c1ccc(NC(=O)c2ccc(OC)c(OC)c2)c(O)c1. The van der Waals surface area contributed by atoms with Crippen LogP contribution < -0.4 is 14.8 Å². The summed E-state index contributed by atoms with van der Waals surface area (Å²) >= 11 is 0. The summed E-state index contributed by atoms with van der Waals surface area (Å²) in [5.74, 6) is -0.360. The number of amides is 1. The average molecular weight is 331 g/mol. The number of rotatable bonds is 5. The molecule has 0 aliphatic heterocycles. The Hall–Kier alpha value is -3.22. The summed E-state index contributed by atoms with van der Waals surface area (Å²) < 4.78 is 14.8. The lowest BCUT2D eigenvalue weighted by atomic mass is 10.1. The Kier molecular flexibility index (Phi) is 5.26. The Labute approximate surface area is 138 Å². The summed E-state index contributed by atoms with van der Waals surface area (Å²) in [6.07, 6.45) is 0. The second-order valence-corrected chi connectivity index (χ2v) is 4.75. The highest BCUT2D eigenvalue weighted by Crippen LogP contribution is 2.29. The zero-order chi connectivity index (χ0) is 17.7. The van der Waals surface area contributed by atoms with Crippen molar-refractivity contribution in [3.63, 3.8) is 0 Å². The number of methoxy groups -OCH3 is 3. The highest BCUT2D eigenvalue weighted by Gasteiger charge is 2.14. The number of aromatic hydroxyl groups is 1. The number of nitrogens with one attached hydrogen (secondary N) is 1. The summed E-state index contributed by atoms with van der Waals surface area (Å²) in [5.41, 5.74) is 0.672. The van der Waals surface area contributed by atoms with Crippen LogP contribution in [0.2, 0.25) is 0 Å². The summed E-state index contributed by atoms with van der Waals surface area (Å²) in [5, 5.41) is 12.5. The Bertz CT molecular complexity index is 772. The van der Waals surface area contributed by atoms with Crippen LogP contribution in [0.1, 0.15) is 20.7 Å². The predicted molar refractivity (Wildman–Crippen MR) is 86.9 cm³/mol. The van der Waals surface area contributed by atoms with Crippen LogP contribution in [0.4, 0.5) is 5.69 Å². The van der Waals surface area contributed by atoms with Gasteiger partial charge in [-0.2, -0.15) is 0 Å². The minimum Gasteiger partial charge on any atom is -0.506 e. The van der Waals surface area contributed by atoms with Gasteiger partial charge in [-0.3, -0.25) is 4.79 Å². The van der Waals surface area contributed by atoms with Gasteiger partial charge in [0.2, 0.25) is 0 Å². The molecular formula is C17H17NO6. The van der Waals surface area contributed by atoms with E-state index in [1.165, 1.54) is 45.6 Å². The molecule has 0 spiro atoms. The van der Waals surface area contributed by atoms with E-state index in [1.807, 2.05) is 0 Å². The number of phenols is 1. The van der Waals surface area contributed by atoms with Gasteiger partial charge in [0, 0.05) is 5.56 Å². The minimum atomic E-state index is -0.580. The van der Waals surface area contributed by atoms with Gasteiger partial charge in [-0.15, -0.1) is 0 Å². The number of esters is 1. The molecular weight excluding hydrogens is 314 g/mol. The van der Waals surface area contributed by atoms with E-state index in [4.69, 9.17) is 9.47 Å². The fourth-order valence-corrected chi connectivity index (χ4v) is 2.05. The van der Waals surface area contributed by atoms with E-state index in [9.17, 15) is 14.7 Å². The molecule has 1 amide bonds. The lowest BCUT2D eigenvalue weighted by Crippen LogP contribution is -2.12. The van der Waals surface area contributed by atoms with Crippen molar-refractivity contribution in [1.29, 1.82) is 0 Å². The minimum absolute atomic E-state index is 0.169. The van der Waals surface area contributed by atoms with Gasteiger partial charge in [-0.25, -0.2) is 4.79 Å². The number of hydrogen-bond acceptors (Lipinski definition) is 6. The lowest BCUT2D eigenvalue weighted by Gasteiger charge is -2.11. The summed E-state index contributed by atoms with van der Waals surface area (Å²) in [6.45, 7) is 0. The highest BCUT2D eigenvalue weighted by molar-refractivity contribution is 6.05. The third-order valence-corrected chi connectivity index (χ3v) is 3.31. The number of benzene rings is 2. The van der Waals surface area contributed by atoms with E-state index in [1.54, 1.807) is 12.1 Å². The summed E-state index contributed by atoms with van der Waals surface area (Å²) in [6, 6.07) is 8.77. The number of ether oxygens (including phenoxy) is 3. The first-order valence-corrected chi connectivity index (χ1v) is 6.95. The molecule has 0 radical (unpaired) electrons. The van der Waals surface area contributed by atoms with Gasteiger partial charge in [0.1, 0.15) is 5.75 Å². The zero-order valence-corrected chi connectivity index (χ0v) is 13.5. The average Bonchev–Trinajstić information content (AvgIpc) is 2.61. The van der Waals surface area contributed by atoms with Gasteiger partial charge in [0.05, 0.1) is 32.6 Å². The quantitative estimate of drug-likeness (QED) is 0.645. The van der Waals surface area contributed by atoms with Crippen LogP contribution in [0, 0.1) is 0 Å². The van der Waals surface area contributed by atoms with Crippen LogP contribution in [0.15, 0.2) is 36.4 Å². The fourth-order valence-electron chi connectivity index (χ4n) is 2.05. The largest absolute Gasteiger partial charge is 0.506 e. The van der Waals surface area contributed by atoms with Crippen molar-refractivity contribution in [2.45, 2.75) is 0 Å². The molecule has 0 heterocycles. The summed E-state index contributed by atoms with van der Waals surface area (Å²) in [4.78, 5) is 23.7. The molecule has 0 fully saturated rings. The zero-order valence-electron chi connectivity index (χ0n) is 13.5. The van der Waals surface area contributed by atoms with Gasteiger partial charge in [0.15, 0.2) is 11.5 Å². The Morgan fingerprint density at radius 1 is 0.917 bits per heavy atom. The second kappa shape index (κ2) is 7.36. The lowest BCUT2D eigenvalue weighted by molar-refractivity contribution is 0.0600. The van der Waals surface area contributed by atoms with Crippen LogP contribution in [0.3, 0.4) is 0 Å². The molecule has 2 aromatic carbocycles. The van der Waals surface area contributed by atoms with Crippen LogP contribution >= 0.6 is 0 Å². The first-order valence-electron chi connectivity index (χ1n) is 6.95. The van der Waals surface area contributed by atoms with Gasteiger partial charge in [0.25, 0.3) is 5.91 Å². The van der Waals surface area contributed by atoms with E-state index in [0.717, 1.165) is 0 Å². The molecule has 0 bridgehead atoms. The molecule has 2 N–H and O–H groups in total. The predicted octanol–water partition coefficient (Wildman–Crippen LogP) is 2.45. The Morgan fingerprint density at radius 3 is 2.17 bits per heavy atom. The molecule has 24 heavy (non-hydrogen) atoms. The first kappa shape index (κ1) is 17.1. The fraction of sp³-hybridized carbons (Fsp3) is 0.176. The highest BCUT2D eigenvalue weighted by atomic mass is 16.5. The van der Waals surface area contributed by atoms with Crippen molar-refractivity contribution < 1.29 is 28.9 Å². The smallest absolute Gasteiger partial charge is 0.337 e. The van der Waals surface area contributed by atoms with Crippen molar-refractivity contribution in [1.82, 2.24) is 0 Å². The molecule has 2 rings (SSSR count). The van der Waals surface area contributed by atoms with Crippen molar-refractivity contribution in [2.75, 3.05) is 26.6 Å². The van der Waals surface area contributed by atoms with E-state index in [-0.39, 0.29) is 17.0 Å². The molecule has 0 unspecified atom stereocenters. The maximum absolute atomic E-state index is 12.3. The van der Waals surface area contributed by atoms with Gasteiger partial charge in [-0.1, -0.05) is 0 Å². The molecule has 0 saturated carbocycles. The van der Waals surface area contributed by atoms with Gasteiger partial charge in [-0.05, 0) is 36.4 Å². The third kappa shape index (κ3) is 3.57. The van der Waals surface area contributed by atoms with Crippen molar-refractivity contribution in [3.05, 3.63) is 47.5 Å². The molecule has 7 heteroatoms. The van der Waals surface area contributed by atoms with E-state index in [2.05, 4.69) is 10.1 Å². The van der Waals surface area contributed by atoms with Crippen LogP contribution in [0.5, 0.6) is 17.2 Å². The molecule has 0 saturated heterocycles. The van der Waals surface area contributed by atoms with Gasteiger partial charge < -0.3 is 24.6 Å². The monoisotopic (exact) mass is 331 g/mol. The number of hydrogen-bond donors (Lipinski definition) is 2. The van der Waals surface area contributed by atoms with E-state index >= 15 is 0 Å². The molecule has 0 aliphatic rings. The molecule has 2 aromatic rings. The topological polar surface area (TPSA) is 94.1 Å². The number of carbonyl (C=O) groups excluding carboxylic acids is 2. The van der Waals surface area contributed by atoms with Crippen molar-refractivity contribution >= 4 is 17.6 Å². The molecule has 0 aliphatic carbocycles. The Balaban J connectivity index is 2.22. The number of carbonyl (C=O) groups is 2. The van der Waals surface area contributed by atoms with E-state index in [0.29, 0.717) is 17.1 Å². The third-order valence-electron chi connectivity index (χ3n) is 3.31. The van der Waals surface area contributed by atoms with E-state index < -0.39 is 11.9 Å². The van der Waals surface area contributed by atoms with Crippen LogP contribution in [-0.4, -0.2) is 38.3 Å². The van der Waals surface area contributed by atoms with Crippen LogP contribution in [-0.2, 0) is 4.74 Å². The van der Waals surface area contributed by atoms with Crippen molar-refractivity contribution in [2.24, 2.45) is 0 Å². The molecule has 0 aromatic heterocycles. The normalized spacial score (nSPS) is 9.96. The van der Waals surface area contributed by atoms with Crippen molar-refractivity contribution in [3.8, 4) is 17.2 Å². The standard InChI is InChI=1S/C17H17NO6/c1-22-14-7-5-10(9-15(14)23-2)16(20)18-12-6-4-11(8-13(12)19)17(21)24-3/h4-9,19H,1-3H3,(H,18,20). The summed E-state index contributed by atoms with van der Waals surface area (Å²) in [7, 11) is 4.21. The number of phenolic OH excluding ortho intramolecular Hbond substituents is 1. The number of anilines is 1. The Morgan fingerprint density at radius 2 is 1.58 bits per heavy atom. The molecule has 0 atom stereocenters. The second-order valence-electron chi connectivity index (χ2n) is 4.75.